The van der Waals surface area contributed by atoms with E-state index in [0.29, 0.717) is 19.3 Å². The average molecular weight is 298 g/mol. The van der Waals surface area contributed by atoms with Crippen molar-refractivity contribution in [1.29, 1.82) is 5.26 Å². The van der Waals surface area contributed by atoms with E-state index in [1.807, 2.05) is 20.8 Å². The topological polar surface area (TPSA) is 45.0 Å². The molecule has 0 amide bonds. The van der Waals surface area contributed by atoms with Gasteiger partial charge in [0.25, 0.3) is 0 Å². The Labute approximate surface area is 117 Å². The van der Waals surface area contributed by atoms with Gasteiger partial charge in [-0.15, -0.1) is 0 Å². The summed E-state index contributed by atoms with van der Waals surface area (Å²) in [6.45, 7) is 4.28. The van der Waals surface area contributed by atoms with Crippen LogP contribution in [-0.2, 0) is 4.74 Å². The largest absolute Gasteiger partial charge is 0.375 e. The predicted molar refractivity (Wildman–Crippen MR) is 67.9 cm³/mol. The Balaban J connectivity index is 4.12. The van der Waals surface area contributed by atoms with Crippen LogP contribution >= 0.6 is 0 Å². The van der Waals surface area contributed by atoms with Crippen LogP contribution in [0.1, 0.15) is 40.0 Å². The molecule has 1 unspecified atom stereocenters. The highest BCUT2D eigenvalue weighted by Gasteiger charge is 2.40. The van der Waals surface area contributed by atoms with E-state index < -0.39 is 24.5 Å². The van der Waals surface area contributed by atoms with E-state index in [0.717, 1.165) is 0 Å². The Hall–Kier alpha value is -0.870. The molecule has 0 heterocycles. The molecule has 0 aliphatic heterocycles. The van der Waals surface area contributed by atoms with Gasteiger partial charge in [0.2, 0.25) is 0 Å². The second-order valence-electron chi connectivity index (χ2n) is 5.06. The third-order valence-electron chi connectivity index (χ3n) is 2.89. The minimum Gasteiger partial charge on any atom is -0.375 e. The minimum absolute atomic E-state index is 0.0779. The first kappa shape index (κ1) is 19.1. The molecule has 0 radical (unpaired) electrons. The zero-order chi connectivity index (χ0) is 15.8. The van der Waals surface area contributed by atoms with Gasteiger partial charge in [0.15, 0.2) is 0 Å². The first-order chi connectivity index (χ1) is 9.19. The maximum atomic E-state index is 12.6. The van der Waals surface area contributed by atoms with Crippen LogP contribution in [0, 0.1) is 11.3 Å². The molecule has 7 heteroatoms. The van der Waals surface area contributed by atoms with Gasteiger partial charge in [-0.25, -0.2) is 8.78 Å². The van der Waals surface area contributed by atoms with E-state index >= 15 is 0 Å². The van der Waals surface area contributed by atoms with E-state index in [2.05, 4.69) is 16.1 Å². The summed E-state index contributed by atoms with van der Waals surface area (Å²) in [6, 6.07) is 2.30. The number of rotatable bonds is 10. The van der Waals surface area contributed by atoms with Crippen LogP contribution in [-0.4, -0.2) is 37.1 Å². The van der Waals surface area contributed by atoms with Crippen LogP contribution < -0.4 is 5.32 Å². The molecule has 0 saturated heterocycles. The van der Waals surface area contributed by atoms with Crippen molar-refractivity contribution in [2.45, 2.75) is 64.0 Å². The molecule has 0 aliphatic rings. The van der Waals surface area contributed by atoms with Gasteiger partial charge in [0.1, 0.15) is 12.1 Å². The Morgan fingerprint density at radius 2 is 1.90 bits per heavy atom. The summed E-state index contributed by atoms with van der Waals surface area (Å²) >= 11 is 0. The lowest BCUT2D eigenvalue weighted by Crippen LogP contribution is -2.47. The summed E-state index contributed by atoms with van der Waals surface area (Å²) in [7, 11) is 0. The van der Waals surface area contributed by atoms with Crippen molar-refractivity contribution in [3.63, 3.8) is 0 Å². The molecular weight excluding hydrogens is 276 g/mol. The summed E-state index contributed by atoms with van der Waals surface area (Å²) in [5.74, 6) is -4.12. The average Bonchev–Trinajstić information content (AvgIpc) is 2.36. The summed E-state index contributed by atoms with van der Waals surface area (Å²) in [5.41, 5.74) is -0.733. The fourth-order valence-corrected chi connectivity index (χ4v) is 1.82. The first-order valence-corrected chi connectivity index (χ1v) is 6.62. The van der Waals surface area contributed by atoms with Crippen molar-refractivity contribution >= 4 is 0 Å². The summed E-state index contributed by atoms with van der Waals surface area (Å²) in [5, 5.41) is 12.3. The van der Waals surface area contributed by atoms with Gasteiger partial charge in [-0.2, -0.15) is 14.0 Å². The van der Waals surface area contributed by atoms with Gasteiger partial charge in [-0.3, -0.25) is 5.32 Å². The molecule has 0 fully saturated rings. The van der Waals surface area contributed by atoms with Gasteiger partial charge in [0.05, 0.1) is 6.07 Å². The van der Waals surface area contributed by atoms with E-state index in [-0.39, 0.29) is 12.6 Å². The molecule has 1 atom stereocenters. The lowest BCUT2D eigenvalue weighted by atomic mass is 9.91. The highest BCUT2D eigenvalue weighted by atomic mass is 19.3. The van der Waals surface area contributed by atoms with Gasteiger partial charge >= 0.3 is 12.3 Å². The monoisotopic (exact) mass is 298 g/mol. The number of nitriles is 1. The molecule has 3 nitrogen and oxygen atoms in total. The van der Waals surface area contributed by atoms with Crippen LogP contribution in [0.15, 0.2) is 0 Å². The molecule has 118 valence electrons. The summed E-state index contributed by atoms with van der Waals surface area (Å²) in [4.78, 5) is 0. The fraction of sp³-hybridized carbons (Fsp3) is 0.923. The quantitative estimate of drug-likeness (QED) is 0.497. The van der Waals surface area contributed by atoms with Gasteiger partial charge in [0, 0.05) is 12.6 Å². The fourth-order valence-electron chi connectivity index (χ4n) is 1.82. The lowest BCUT2D eigenvalue weighted by Gasteiger charge is -2.29. The van der Waals surface area contributed by atoms with Crippen LogP contribution in [0.3, 0.4) is 0 Å². The Morgan fingerprint density at radius 1 is 1.30 bits per heavy atom. The van der Waals surface area contributed by atoms with Crippen molar-refractivity contribution < 1.29 is 22.3 Å². The molecule has 0 saturated carbocycles. The Bertz CT molecular complexity index is 318. The molecule has 0 spiro atoms. The highest BCUT2D eigenvalue weighted by Crippen LogP contribution is 2.23. The number of halogens is 4. The van der Waals surface area contributed by atoms with Crippen molar-refractivity contribution in [3.05, 3.63) is 0 Å². The van der Waals surface area contributed by atoms with Crippen molar-refractivity contribution in [3.8, 4) is 6.07 Å². The zero-order valence-corrected chi connectivity index (χ0v) is 12.1. The number of alkyl halides is 4. The molecule has 0 aromatic carbocycles. The van der Waals surface area contributed by atoms with Crippen LogP contribution in [0.5, 0.6) is 0 Å². The Morgan fingerprint density at radius 3 is 2.30 bits per heavy atom. The molecular formula is C13H22F4N2O. The smallest absolute Gasteiger partial charge is 0.330 e. The normalized spacial score (nSPS) is 15.4. The molecule has 0 rings (SSSR count). The Kier molecular flexibility index (Phi) is 8.06. The lowest BCUT2D eigenvalue weighted by molar-refractivity contribution is -0.166. The van der Waals surface area contributed by atoms with E-state index in [4.69, 9.17) is 0 Å². The minimum atomic E-state index is -4.12. The highest BCUT2D eigenvalue weighted by molar-refractivity contribution is 5.06. The second kappa shape index (κ2) is 8.42. The van der Waals surface area contributed by atoms with Gasteiger partial charge < -0.3 is 4.74 Å². The molecule has 1 N–H and O–H groups in total. The maximum Gasteiger partial charge on any atom is 0.330 e. The number of hydrogen-bond donors (Lipinski definition) is 1. The standard InChI is InChI=1S/C13H22F4N2O/c1-4-12(8-18,19-10(2)3)6-5-7-20-9-13(16,17)11(14)15/h10-11,19H,4-7,9H2,1-3H3. The molecule has 0 aromatic heterocycles. The van der Waals surface area contributed by atoms with Crippen molar-refractivity contribution in [2.75, 3.05) is 13.2 Å². The zero-order valence-electron chi connectivity index (χ0n) is 12.1. The molecule has 0 aliphatic carbocycles. The van der Waals surface area contributed by atoms with Gasteiger partial charge in [-0.05, 0) is 33.1 Å². The summed E-state index contributed by atoms with van der Waals surface area (Å²) < 4.78 is 53.5. The van der Waals surface area contributed by atoms with Crippen LogP contribution in [0.4, 0.5) is 17.6 Å². The number of hydrogen-bond acceptors (Lipinski definition) is 3. The van der Waals surface area contributed by atoms with E-state index in [1.54, 1.807) is 0 Å². The molecule has 0 aromatic rings. The van der Waals surface area contributed by atoms with Crippen molar-refractivity contribution in [2.24, 2.45) is 0 Å². The van der Waals surface area contributed by atoms with Crippen molar-refractivity contribution in [1.82, 2.24) is 5.32 Å². The van der Waals surface area contributed by atoms with Gasteiger partial charge in [-0.1, -0.05) is 6.92 Å². The van der Waals surface area contributed by atoms with E-state index in [9.17, 15) is 22.8 Å². The number of nitrogens with one attached hydrogen (secondary N) is 1. The third-order valence-corrected chi connectivity index (χ3v) is 2.89. The van der Waals surface area contributed by atoms with Crippen LogP contribution in [0.25, 0.3) is 0 Å². The number of nitrogens with zero attached hydrogens (tertiary/aromatic N) is 1. The molecule has 20 heavy (non-hydrogen) atoms. The number of ether oxygens (including phenoxy) is 1. The van der Waals surface area contributed by atoms with E-state index in [1.165, 1.54) is 0 Å². The summed E-state index contributed by atoms with van der Waals surface area (Å²) in [6.07, 6.45) is -2.40. The first-order valence-electron chi connectivity index (χ1n) is 6.62. The second-order valence-corrected chi connectivity index (χ2v) is 5.06. The molecule has 0 bridgehead atoms. The maximum absolute atomic E-state index is 12.6. The predicted octanol–water partition coefficient (Wildman–Crippen LogP) is 3.35. The van der Waals surface area contributed by atoms with Crippen LogP contribution in [0.2, 0.25) is 0 Å². The third kappa shape index (κ3) is 6.53. The SMILES string of the molecule is CCC(C#N)(CCCOCC(F)(F)C(F)F)NC(C)C.